The maximum Gasteiger partial charge on any atom is 0.126 e. The van der Waals surface area contributed by atoms with Crippen molar-refractivity contribution in [1.82, 2.24) is 14.9 Å². The Bertz CT molecular complexity index is 536. The van der Waals surface area contributed by atoms with Gasteiger partial charge in [-0.15, -0.1) is 0 Å². The molecule has 0 saturated carbocycles. The first kappa shape index (κ1) is 10.8. The van der Waals surface area contributed by atoms with Crippen molar-refractivity contribution in [3.8, 4) is 0 Å². The highest BCUT2D eigenvalue weighted by atomic mass is 15.1. The van der Waals surface area contributed by atoms with E-state index in [0.717, 1.165) is 12.1 Å². The van der Waals surface area contributed by atoms with Gasteiger partial charge in [0.2, 0.25) is 0 Å². The van der Waals surface area contributed by atoms with Gasteiger partial charge in [-0.2, -0.15) is 0 Å². The first-order valence-electron chi connectivity index (χ1n) is 6.42. The fourth-order valence-corrected chi connectivity index (χ4v) is 2.70. The second-order valence-corrected chi connectivity index (χ2v) is 5.02. The summed E-state index contributed by atoms with van der Waals surface area (Å²) >= 11 is 0. The van der Waals surface area contributed by atoms with Gasteiger partial charge in [-0.25, -0.2) is 4.98 Å². The van der Waals surface area contributed by atoms with Gasteiger partial charge in [-0.05, 0) is 44.0 Å². The Morgan fingerprint density at radius 2 is 2.24 bits per heavy atom. The van der Waals surface area contributed by atoms with E-state index in [4.69, 9.17) is 4.98 Å². The molecule has 0 radical (unpaired) electrons. The van der Waals surface area contributed by atoms with Gasteiger partial charge in [0.15, 0.2) is 0 Å². The Labute approximate surface area is 102 Å². The molecule has 17 heavy (non-hydrogen) atoms. The first-order valence-corrected chi connectivity index (χ1v) is 6.42. The Hall–Kier alpha value is -1.35. The molecule has 90 valence electrons. The lowest BCUT2D eigenvalue weighted by Gasteiger charge is -2.22. The maximum absolute atomic E-state index is 4.78. The molecule has 1 aliphatic heterocycles. The Balaban J connectivity index is 2.07. The van der Waals surface area contributed by atoms with Crippen LogP contribution in [0.5, 0.6) is 0 Å². The second-order valence-electron chi connectivity index (χ2n) is 5.02. The van der Waals surface area contributed by atoms with Gasteiger partial charge in [0.1, 0.15) is 5.82 Å². The number of fused-ring (bicyclic) bond motifs is 1. The molecule has 1 fully saturated rings. The van der Waals surface area contributed by atoms with Crippen LogP contribution in [0.2, 0.25) is 0 Å². The fraction of sp³-hybridized carbons (Fsp3) is 0.500. The average Bonchev–Trinajstić information content (AvgIpc) is 2.68. The van der Waals surface area contributed by atoms with Crippen LogP contribution in [0.1, 0.15) is 36.7 Å². The zero-order chi connectivity index (χ0) is 11.8. The lowest BCUT2D eigenvalue weighted by atomic mass is 10.0. The molecular formula is C14H19N3. The highest BCUT2D eigenvalue weighted by Gasteiger charge is 2.20. The van der Waals surface area contributed by atoms with E-state index >= 15 is 0 Å². The third-order valence-electron chi connectivity index (χ3n) is 3.69. The number of nitrogens with zero attached hydrogens (tertiary/aromatic N) is 2. The van der Waals surface area contributed by atoms with Crippen molar-refractivity contribution in [2.75, 3.05) is 6.54 Å². The number of piperidine rings is 1. The number of imidazole rings is 1. The number of hydrogen-bond donors (Lipinski definition) is 1. The topological polar surface area (TPSA) is 29.9 Å². The predicted octanol–water partition coefficient (Wildman–Crippen LogP) is 2.70. The Morgan fingerprint density at radius 3 is 3.00 bits per heavy atom. The normalized spacial score (nSPS) is 20.9. The lowest BCUT2D eigenvalue weighted by Crippen LogP contribution is -2.28. The van der Waals surface area contributed by atoms with Gasteiger partial charge in [0, 0.05) is 7.05 Å². The summed E-state index contributed by atoms with van der Waals surface area (Å²) in [5.41, 5.74) is 3.65. The van der Waals surface area contributed by atoms with Crippen molar-refractivity contribution in [3.63, 3.8) is 0 Å². The molecule has 2 heterocycles. The number of hydrogen-bond acceptors (Lipinski definition) is 2. The molecule has 0 amide bonds. The van der Waals surface area contributed by atoms with Gasteiger partial charge >= 0.3 is 0 Å². The summed E-state index contributed by atoms with van der Waals surface area (Å²) in [6, 6.07) is 6.90. The van der Waals surface area contributed by atoms with Gasteiger partial charge in [0.25, 0.3) is 0 Å². The second kappa shape index (κ2) is 4.15. The minimum Gasteiger partial charge on any atom is -0.330 e. The van der Waals surface area contributed by atoms with E-state index in [9.17, 15) is 0 Å². The van der Waals surface area contributed by atoms with Crippen LogP contribution in [0.25, 0.3) is 11.0 Å². The van der Waals surface area contributed by atoms with Crippen LogP contribution in [0.3, 0.4) is 0 Å². The van der Waals surface area contributed by atoms with E-state index in [0.29, 0.717) is 6.04 Å². The van der Waals surface area contributed by atoms with Crippen molar-refractivity contribution < 1.29 is 0 Å². The van der Waals surface area contributed by atoms with E-state index in [-0.39, 0.29) is 0 Å². The van der Waals surface area contributed by atoms with Crippen LogP contribution in [0.15, 0.2) is 18.2 Å². The summed E-state index contributed by atoms with van der Waals surface area (Å²) in [4.78, 5) is 4.78. The van der Waals surface area contributed by atoms with Crippen LogP contribution in [-0.4, -0.2) is 16.1 Å². The van der Waals surface area contributed by atoms with Crippen molar-refractivity contribution in [3.05, 3.63) is 29.6 Å². The molecule has 1 unspecified atom stereocenters. The molecule has 3 nitrogen and oxygen atoms in total. The molecule has 3 heteroatoms. The van der Waals surface area contributed by atoms with Crippen molar-refractivity contribution in [1.29, 1.82) is 0 Å². The molecule has 1 N–H and O–H groups in total. The van der Waals surface area contributed by atoms with E-state index in [2.05, 4.69) is 42.1 Å². The SMILES string of the molecule is Cc1ccc2nc(C3CCCCN3)n(C)c2c1. The molecule has 0 bridgehead atoms. The number of aromatic nitrogens is 2. The van der Waals surface area contributed by atoms with E-state index < -0.39 is 0 Å². The van der Waals surface area contributed by atoms with Gasteiger partial charge in [-0.3, -0.25) is 0 Å². The molecule has 1 aliphatic rings. The van der Waals surface area contributed by atoms with Crippen LogP contribution >= 0.6 is 0 Å². The molecule has 2 aromatic rings. The average molecular weight is 229 g/mol. The van der Waals surface area contributed by atoms with E-state index in [1.54, 1.807) is 0 Å². The number of aryl methyl sites for hydroxylation is 2. The largest absolute Gasteiger partial charge is 0.330 e. The summed E-state index contributed by atoms with van der Waals surface area (Å²) in [6.07, 6.45) is 3.80. The molecule has 1 aromatic heterocycles. The highest BCUT2D eigenvalue weighted by Crippen LogP contribution is 2.25. The predicted molar refractivity (Wildman–Crippen MR) is 70.0 cm³/mol. The summed E-state index contributed by atoms with van der Waals surface area (Å²) in [5, 5.41) is 3.57. The summed E-state index contributed by atoms with van der Waals surface area (Å²) in [6.45, 7) is 3.25. The third kappa shape index (κ3) is 1.84. The first-order chi connectivity index (χ1) is 8.25. The molecular weight excluding hydrogens is 210 g/mol. The highest BCUT2D eigenvalue weighted by molar-refractivity contribution is 5.76. The van der Waals surface area contributed by atoms with Crippen LogP contribution < -0.4 is 5.32 Å². The molecule has 0 spiro atoms. The van der Waals surface area contributed by atoms with Crippen molar-refractivity contribution in [2.45, 2.75) is 32.2 Å². The van der Waals surface area contributed by atoms with E-state index in [1.807, 2.05) is 0 Å². The maximum atomic E-state index is 4.78. The summed E-state index contributed by atoms with van der Waals surface area (Å²) in [7, 11) is 2.13. The van der Waals surface area contributed by atoms with Crippen LogP contribution in [-0.2, 0) is 7.05 Å². The third-order valence-corrected chi connectivity index (χ3v) is 3.69. The standard InChI is InChI=1S/C14H19N3/c1-10-6-7-11-13(9-10)17(2)14(16-11)12-5-3-4-8-15-12/h6-7,9,12,15H,3-5,8H2,1-2H3. The molecule has 1 aromatic carbocycles. The number of rotatable bonds is 1. The van der Waals surface area contributed by atoms with Gasteiger partial charge < -0.3 is 9.88 Å². The Kier molecular flexibility index (Phi) is 2.63. The zero-order valence-electron chi connectivity index (χ0n) is 10.5. The minimum atomic E-state index is 0.432. The minimum absolute atomic E-state index is 0.432. The number of benzene rings is 1. The van der Waals surface area contributed by atoms with Gasteiger partial charge in [-0.1, -0.05) is 12.5 Å². The van der Waals surface area contributed by atoms with Crippen LogP contribution in [0.4, 0.5) is 0 Å². The molecule has 0 aliphatic carbocycles. The number of nitrogens with one attached hydrogen (secondary N) is 1. The van der Waals surface area contributed by atoms with E-state index in [1.165, 1.54) is 36.2 Å². The molecule has 1 atom stereocenters. The summed E-state index contributed by atoms with van der Waals surface area (Å²) in [5.74, 6) is 1.19. The monoisotopic (exact) mass is 229 g/mol. The smallest absolute Gasteiger partial charge is 0.126 e. The fourth-order valence-electron chi connectivity index (χ4n) is 2.70. The quantitative estimate of drug-likeness (QED) is 0.814. The summed E-state index contributed by atoms with van der Waals surface area (Å²) < 4.78 is 2.24. The van der Waals surface area contributed by atoms with Crippen molar-refractivity contribution in [2.24, 2.45) is 7.05 Å². The molecule has 3 rings (SSSR count). The Morgan fingerprint density at radius 1 is 1.35 bits per heavy atom. The van der Waals surface area contributed by atoms with Gasteiger partial charge in [0.05, 0.1) is 17.1 Å². The zero-order valence-corrected chi connectivity index (χ0v) is 10.5. The van der Waals surface area contributed by atoms with Crippen molar-refractivity contribution >= 4 is 11.0 Å². The lowest BCUT2D eigenvalue weighted by molar-refractivity contribution is 0.392. The molecule has 1 saturated heterocycles. The van der Waals surface area contributed by atoms with Crippen LogP contribution in [0, 0.1) is 6.92 Å².